The van der Waals surface area contributed by atoms with Crippen LogP contribution in [0.5, 0.6) is 0 Å². The molecule has 0 amide bonds. The lowest BCUT2D eigenvalue weighted by atomic mass is 10.2. The largest absolute Gasteiger partial charge is 0.389 e. The number of hydrogen-bond donors (Lipinski definition) is 1. The van der Waals surface area contributed by atoms with Crippen LogP contribution in [0.2, 0.25) is 0 Å². The molecule has 0 bridgehead atoms. The van der Waals surface area contributed by atoms with E-state index in [2.05, 4.69) is 0 Å². The first-order chi connectivity index (χ1) is 4.81. The highest BCUT2D eigenvalue weighted by molar-refractivity contribution is 6.17. The zero-order valence-corrected chi connectivity index (χ0v) is 7.14. The smallest absolute Gasteiger partial charge is 0.0718 e. The van der Waals surface area contributed by atoms with E-state index in [1.807, 2.05) is 19.1 Å². The van der Waals surface area contributed by atoms with E-state index in [1.54, 1.807) is 0 Å². The number of aliphatic hydroxyl groups excluding tert-OH is 1. The van der Waals surface area contributed by atoms with Crippen LogP contribution in [0.15, 0.2) is 12.2 Å². The van der Waals surface area contributed by atoms with Gasteiger partial charge in [0.05, 0.1) is 6.10 Å². The second-order valence-corrected chi connectivity index (χ2v) is 2.61. The van der Waals surface area contributed by atoms with Gasteiger partial charge in [0.25, 0.3) is 0 Å². The Balaban J connectivity index is 3.18. The topological polar surface area (TPSA) is 20.2 Å². The maximum Gasteiger partial charge on any atom is 0.0718 e. The van der Waals surface area contributed by atoms with Gasteiger partial charge in [-0.25, -0.2) is 0 Å². The van der Waals surface area contributed by atoms with Crippen molar-refractivity contribution in [2.24, 2.45) is 0 Å². The predicted molar refractivity (Wildman–Crippen MR) is 45.4 cm³/mol. The minimum atomic E-state index is -0.268. The van der Waals surface area contributed by atoms with Gasteiger partial charge in [0.1, 0.15) is 0 Å². The van der Waals surface area contributed by atoms with Crippen LogP contribution in [0, 0.1) is 0 Å². The van der Waals surface area contributed by atoms with E-state index >= 15 is 0 Å². The van der Waals surface area contributed by atoms with Gasteiger partial charge in [-0.1, -0.05) is 19.1 Å². The molecule has 60 valence electrons. The second-order valence-electron chi connectivity index (χ2n) is 2.23. The Bertz CT molecular complexity index is 91.3. The van der Waals surface area contributed by atoms with Gasteiger partial charge >= 0.3 is 0 Å². The Kier molecular flexibility index (Phi) is 7.09. The third kappa shape index (κ3) is 6.12. The molecule has 0 aliphatic heterocycles. The zero-order chi connectivity index (χ0) is 7.82. The van der Waals surface area contributed by atoms with Crippen LogP contribution in [0.3, 0.4) is 0 Å². The average molecular weight is 163 g/mol. The van der Waals surface area contributed by atoms with Crippen molar-refractivity contribution >= 4 is 11.6 Å². The fraction of sp³-hybridized carbons (Fsp3) is 0.750. The first kappa shape index (κ1) is 9.99. The molecule has 1 N–H and O–H groups in total. The first-order valence-electron chi connectivity index (χ1n) is 3.72. The van der Waals surface area contributed by atoms with Gasteiger partial charge in [-0.15, -0.1) is 11.6 Å². The highest BCUT2D eigenvalue weighted by Crippen LogP contribution is 1.97. The Morgan fingerprint density at radius 1 is 1.60 bits per heavy atom. The molecule has 10 heavy (non-hydrogen) atoms. The molecule has 0 saturated carbocycles. The number of allylic oxidation sites excluding steroid dienone is 1. The molecule has 2 heteroatoms. The summed E-state index contributed by atoms with van der Waals surface area (Å²) in [4.78, 5) is 0. The summed E-state index contributed by atoms with van der Waals surface area (Å²) in [5.41, 5.74) is 0. The van der Waals surface area contributed by atoms with Crippen LogP contribution in [0.4, 0.5) is 0 Å². The van der Waals surface area contributed by atoms with Crippen molar-refractivity contribution in [1.29, 1.82) is 0 Å². The summed E-state index contributed by atoms with van der Waals surface area (Å²) in [6.07, 6.45) is 6.30. The maximum absolute atomic E-state index is 9.04. The van der Waals surface area contributed by atoms with Crippen molar-refractivity contribution in [3.63, 3.8) is 0 Å². The van der Waals surface area contributed by atoms with Gasteiger partial charge in [0.2, 0.25) is 0 Å². The maximum atomic E-state index is 9.04. The van der Waals surface area contributed by atoms with E-state index in [0.717, 1.165) is 19.3 Å². The molecule has 0 fully saturated rings. The lowest BCUT2D eigenvalue weighted by molar-refractivity contribution is 0.219. The summed E-state index contributed by atoms with van der Waals surface area (Å²) in [7, 11) is 0. The van der Waals surface area contributed by atoms with Crippen LogP contribution >= 0.6 is 11.6 Å². The molecule has 0 saturated heterocycles. The van der Waals surface area contributed by atoms with Gasteiger partial charge in [0, 0.05) is 5.88 Å². The monoisotopic (exact) mass is 162 g/mol. The first-order valence-corrected chi connectivity index (χ1v) is 4.25. The lowest BCUT2D eigenvalue weighted by Crippen LogP contribution is -1.97. The van der Waals surface area contributed by atoms with Crippen molar-refractivity contribution in [2.75, 3.05) is 5.88 Å². The molecule has 0 aromatic rings. The summed E-state index contributed by atoms with van der Waals surface area (Å²) in [5.74, 6) is 0.701. The van der Waals surface area contributed by atoms with Gasteiger partial charge in [-0.05, 0) is 19.3 Å². The van der Waals surface area contributed by atoms with Gasteiger partial charge in [-0.3, -0.25) is 0 Å². The molecule has 0 heterocycles. The van der Waals surface area contributed by atoms with Gasteiger partial charge < -0.3 is 5.11 Å². The molecule has 0 aliphatic rings. The molecule has 0 aromatic heterocycles. The fourth-order valence-electron chi connectivity index (χ4n) is 0.584. The third-order valence-electron chi connectivity index (χ3n) is 1.28. The van der Waals surface area contributed by atoms with E-state index in [4.69, 9.17) is 16.7 Å². The summed E-state index contributed by atoms with van der Waals surface area (Å²) < 4.78 is 0. The minimum absolute atomic E-state index is 0.268. The molecule has 1 unspecified atom stereocenters. The van der Waals surface area contributed by atoms with Crippen molar-refractivity contribution in [3.8, 4) is 0 Å². The van der Waals surface area contributed by atoms with Gasteiger partial charge in [-0.2, -0.15) is 0 Å². The van der Waals surface area contributed by atoms with E-state index < -0.39 is 0 Å². The number of aliphatic hydroxyl groups is 1. The average Bonchev–Trinajstić information content (AvgIpc) is 1.98. The standard InChI is InChI=1S/C8H15ClO/c1-2-8(10)6-4-3-5-7-9/h4,6,8,10H,2-3,5,7H2,1H3. The molecule has 0 aromatic carbocycles. The quantitative estimate of drug-likeness (QED) is 0.374. The minimum Gasteiger partial charge on any atom is -0.389 e. The van der Waals surface area contributed by atoms with Gasteiger partial charge in [0.15, 0.2) is 0 Å². The second kappa shape index (κ2) is 7.10. The molecular weight excluding hydrogens is 148 g/mol. The number of unbranched alkanes of at least 4 members (excludes halogenated alkanes) is 1. The summed E-state index contributed by atoms with van der Waals surface area (Å²) in [6, 6.07) is 0. The number of rotatable bonds is 5. The summed E-state index contributed by atoms with van der Waals surface area (Å²) >= 11 is 5.45. The highest BCUT2D eigenvalue weighted by Gasteiger charge is 1.90. The zero-order valence-electron chi connectivity index (χ0n) is 6.39. The number of alkyl halides is 1. The summed E-state index contributed by atoms with van der Waals surface area (Å²) in [6.45, 7) is 1.95. The normalized spacial score (nSPS) is 14.3. The van der Waals surface area contributed by atoms with Crippen molar-refractivity contribution in [2.45, 2.75) is 32.3 Å². The number of halogens is 1. The van der Waals surface area contributed by atoms with E-state index in [1.165, 1.54) is 0 Å². The van der Waals surface area contributed by atoms with Crippen LogP contribution in [0.25, 0.3) is 0 Å². The summed E-state index contributed by atoms with van der Waals surface area (Å²) in [5, 5.41) is 9.04. The molecule has 0 aliphatic carbocycles. The van der Waals surface area contributed by atoms with Crippen molar-refractivity contribution in [1.82, 2.24) is 0 Å². The van der Waals surface area contributed by atoms with E-state index in [0.29, 0.717) is 5.88 Å². The van der Waals surface area contributed by atoms with Crippen LogP contribution in [0.1, 0.15) is 26.2 Å². The Morgan fingerprint density at radius 2 is 2.30 bits per heavy atom. The third-order valence-corrected chi connectivity index (χ3v) is 1.55. The van der Waals surface area contributed by atoms with E-state index in [9.17, 15) is 0 Å². The van der Waals surface area contributed by atoms with Crippen molar-refractivity contribution in [3.05, 3.63) is 12.2 Å². The molecule has 0 rings (SSSR count). The Morgan fingerprint density at radius 3 is 2.80 bits per heavy atom. The highest BCUT2D eigenvalue weighted by atomic mass is 35.5. The Labute approximate surface area is 67.7 Å². The molecule has 1 nitrogen and oxygen atoms in total. The van der Waals surface area contributed by atoms with Crippen LogP contribution < -0.4 is 0 Å². The van der Waals surface area contributed by atoms with Crippen molar-refractivity contribution < 1.29 is 5.11 Å². The number of hydrogen-bond acceptors (Lipinski definition) is 1. The predicted octanol–water partition coefficient (Wildman–Crippen LogP) is 2.33. The molecule has 0 spiro atoms. The molecule has 1 atom stereocenters. The molecular formula is C8H15ClO. The fourth-order valence-corrected chi connectivity index (χ4v) is 0.739. The molecule has 0 radical (unpaired) electrons. The van der Waals surface area contributed by atoms with Crippen LogP contribution in [-0.2, 0) is 0 Å². The lowest BCUT2D eigenvalue weighted by Gasteiger charge is -1.97. The van der Waals surface area contributed by atoms with E-state index in [-0.39, 0.29) is 6.10 Å². The Hall–Kier alpha value is -0.0100. The SMILES string of the molecule is CCC(O)C=CCCCCl. The van der Waals surface area contributed by atoms with Crippen LogP contribution in [-0.4, -0.2) is 17.1 Å².